The van der Waals surface area contributed by atoms with Crippen LogP contribution in [0.2, 0.25) is 0 Å². The Morgan fingerprint density at radius 2 is 1.34 bits per heavy atom. The lowest BCUT2D eigenvalue weighted by Crippen LogP contribution is -2.09. The molecule has 0 N–H and O–H groups in total. The van der Waals surface area contributed by atoms with Crippen LogP contribution in [-0.4, -0.2) is 14.4 Å². The van der Waals surface area contributed by atoms with E-state index in [1.807, 2.05) is 0 Å². The molecule has 0 saturated carbocycles. The van der Waals surface area contributed by atoms with Gasteiger partial charge >= 0.3 is 0 Å². The number of fused-ring (bicyclic) bond motifs is 7. The van der Waals surface area contributed by atoms with E-state index in [9.17, 15) is 0 Å². The van der Waals surface area contributed by atoms with E-state index in [1.165, 1.54) is 60.2 Å². The van der Waals surface area contributed by atoms with Gasteiger partial charge in [0, 0.05) is 16.2 Å². The molecule has 0 aliphatic rings. The van der Waals surface area contributed by atoms with Gasteiger partial charge in [-0.2, -0.15) is 0 Å². The van der Waals surface area contributed by atoms with Crippen molar-refractivity contribution in [1.29, 1.82) is 0 Å². The van der Waals surface area contributed by atoms with E-state index < -0.39 is 0 Å². The van der Waals surface area contributed by atoms with Gasteiger partial charge in [0.05, 0.1) is 33.0 Å². The number of aryl methyl sites for hydroxylation is 1. The Morgan fingerprint density at radius 3 is 2.08 bits per heavy atom. The number of hydrogen-bond donors (Lipinski definition) is 0. The third-order valence-corrected chi connectivity index (χ3v) is 7.97. The van der Waals surface area contributed by atoms with Crippen LogP contribution in [0.25, 0.3) is 59.9 Å². The molecule has 7 aromatic rings. The van der Waals surface area contributed by atoms with E-state index in [0.29, 0.717) is 0 Å². The number of nitrogens with zero attached hydrogens (tertiary/aromatic N) is 3. The van der Waals surface area contributed by atoms with Crippen LogP contribution in [-0.2, 0) is 12.8 Å². The van der Waals surface area contributed by atoms with Gasteiger partial charge in [0.15, 0.2) is 0 Å². The molecule has 0 aliphatic carbocycles. The first-order valence-corrected chi connectivity index (χ1v) is 13.8. The topological polar surface area (TPSA) is 30.2 Å². The Morgan fingerprint density at radius 1 is 0.658 bits per heavy atom. The Kier molecular flexibility index (Phi) is 4.72. The van der Waals surface area contributed by atoms with Crippen molar-refractivity contribution in [2.45, 2.75) is 61.3 Å². The van der Waals surface area contributed by atoms with Gasteiger partial charge in [-0.05, 0) is 88.4 Å². The molecule has 190 valence electrons. The SMILES string of the molecule is Cc1c2ccc(CC(C)(C)C)cc2cc2c3ncnc4ccc5c6cc(CC(C)(C)C)ccc6n(c12)c5c43. The summed E-state index contributed by atoms with van der Waals surface area (Å²) in [4.78, 5) is 9.59. The van der Waals surface area contributed by atoms with Gasteiger partial charge in [0.1, 0.15) is 6.33 Å². The number of pyridine rings is 1. The molecular weight excluding hydrogens is 462 g/mol. The molecule has 0 spiro atoms. The number of rotatable bonds is 2. The average molecular weight is 498 g/mol. The summed E-state index contributed by atoms with van der Waals surface area (Å²) >= 11 is 0. The van der Waals surface area contributed by atoms with Gasteiger partial charge in [0.2, 0.25) is 0 Å². The van der Waals surface area contributed by atoms with Crippen LogP contribution in [0.1, 0.15) is 58.2 Å². The van der Waals surface area contributed by atoms with Gasteiger partial charge in [-0.15, -0.1) is 0 Å². The Labute approximate surface area is 223 Å². The summed E-state index contributed by atoms with van der Waals surface area (Å²) in [7, 11) is 0. The summed E-state index contributed by atoms with van der Waals surface area (Å²) in [5.41, 5.74) is 10.4. The molecule has 0 bridgehead atoms. The number of hydrogen-bond acceptors (Lipinski definition) is 2. The van der Waals surface area contributed by atoms with Crippen molar-refractivity contribution in [2.24, 2.45) is 10.8 Å². The van der Waals surface area contributed by atoms with E-state index in [-0.39, 0.29) is 10.8 Å². The smallest absolute Gasteiger partial charge is 0.116 e. The summed E-state index contributed by atoms with van der Waals surface area (Å²) in [6.07, 6.45) is 3.83. The maximum Gasteiger partial charge on any atom is 0.116 e. The summed E-state index contributed by atoms with van der Waals surface area (Å²) in [5.74, 6) is 0. The van der Waals surface area contributed by atoms with E-state index >= 15 is 0 Å². The fraction of sp³-hybridized carbons (Fsp3) is 0.314. The second-order valence-corrected chi connectivity index (χ2v) is 13.7. The highest BCUT2D eigenvalue weighted by molar-refractivity contribution is 6.28. The molecule has 3 heterocycles. The van der Waals surface area contributed by atoms with Crippen LogP contribution in [0.4, 0.5) is 0 Å². The minimum absolute atomic E-state index is 0.238. The van der Waals surface area contributed by atoms with Crippen molar-refractivity contribution >= 4 is 59.9 Å². The summed E-state index contributed by atoms with van der Waals surface area (Å²) in [5, 5.41) is 7.55. The molecule has 0 unspecified atom stereocenters. The van der Waals surface area contributed by atoms with E-state index in [4.69, 9.17) is 9.97 Å². The van der Waals surface area contributed by atoms with E-state index in [2.05, 4.69) is 107 Å². The van der Waals surface area contributed by atoms with Crippen molar-refractivity contribution < 1.29 is 0 Å². The van der Waals surface area contributed by atoms with Gasteiger partial charge in [-0.25, -0.2) is 9.97 Å². The van der Waals surface area contributed by atoms with Crippen LogP contribution in [0.3, 0.4) is 0 Å². The predicted molar refractivity (Wildman–Crippen MR) is 163 cm³/mol. The molecule has 3 heteroatoms. The molecule has 0 atom stereocenters. The lowest BCUT2D eigenvalue weighted by molar-refractivity contribution is 0.411. The maximum atomic E-state index is 4.90. The van der Waals surface area contributed by atoms with Gasteiger partial charge in [-0.1, -0.05) is 65.8 Å². The zero-order chi connectivity index (χ0) is 26.6. The van der Waals surface area contributed by atoms with Crippen LogP contribution in [0, 0.1) is 17.8 Å². The summed E-state index contributed by atoms with van der Waals surface area (Å²) in [6.45, 7) is 16.1. The molecule has 0 fully saturated rings. The molecule has 3 nitrogen and oxygen atoms in total. The fourth-order valence-electron chi connectivity index (χ4n) is 6.68. The molecule has 0 amide bonds. The fourth-order valence-corrected chi connectivity index (χ4v) is 6.68. The van der Waals surface area contributed by atoms with E-state index in [1.54, 1.807) is 6.33 Å². The first-order valence-electron chi connectivity index (χ1n) is 13.8. The monoisotopic (exact) mass is 497 g/mol. The molecule has 38 heavy (non-hydrogen) atoms. The van der Waals surface area contributed by atoms with Crippen LogP contribution in [0.5, 0.6) is 0 Å². The number of benzene rings is 4. The third kappa shape index (κ3) is 3.48. The molecule has 0 aliphatic heterocycles. The highest BCUT2D eigenvalue weighted by Crippen LogP contribution is 2.43. The second-order valence-electron chi connectivity index (χ2n) is 13.7. The largest absolute Gasteiger partial charge is 0.308 e. The molecule has 0 radical (unpaired) electrons. The highest BCUT2D eigenvalue weighted by atomic mass is 14.9. The summed E-state index contributed by atoms with van der Waals surface area (Å²) < 4.78 is 2.50. The average Bonchev–Trinajstić information content (AvgIpc) is 3.15. The molecule has 3 aromatic heterocycles. The Hall–Kier alpha value is -3.72. The molecule has 4 aromatic carbocycles. The lowest BCUT2D eigenvalue weighted by atomic mass is 9.87. The summed E-state index contributed by atoms with van der Waals surface area (Å²) in [6, 6.07) is 20.9. The third-order valence-electron chi connectivity index (χ3n) is 7.97. The Balaban J connectivity index is 1.65. The Bertz CT molecular complexity index is 2040. The van der Waals surface area contributed by atoms with Crippen molar-refractivity contribution in [3.05, 3.63) is 77.6 Å². The van der Waals surface area contributed by atoms with Crippen LogP contribution >= 0.6 is 0 Å². The highest BCUT2D eigenvalue weighted by Gasteiger charge is 2.22. The quantitative estimate of drug-likeness (QED) is 0.176. The van der Waals surface area contributed by atoms with E-state index in [0.717, 1.165) is 29.3 Å². The normalized spacial score (nSPS) is 13.3. The molecule has 7 rings (SSSR count). The second kappa shape index (κ2) is 7.66. The van der Waals surface area contributed by atoms with Crippen molar-refractivity contribution in [3.63, 3.8) is 0 Å². The van der Waals surface area contributed by atoms with Crippen LogP contribution in [0.15, 0.2) is 60.9 Å². The van der Waals surface area contributed by atoms with Gasteiger partial charge in [0.25, 0.3) is 0 Å². The van der Waals surface area contributed by atoms with Gasteiger partial charge in [-0.3, -0.25) is 0 Å². The first kappa shape index (κ1) is 23.4. The zero-order valence-corrected chi connectivity index (χ0v) is 23.5. The lowest BCUT2D eigenvalue weighted by Gasteiger charge is -2.19. The van der Waals surface area contributed by atoms with Crippen molar-refractivity contribution in [3.8, 4) is 0 Å². The standard InChI is InChI=1S/C35H35N3/c1-20-24-10-8-21(17-34(2,3)4)14-23(24)16-27-31-30-28(36-19-37-31)12-11-25-26-15-22(18-35(5,6)7)9-13-29(26)38(32(20)27)33(25)30/h8-16,19H,17-18H2,1-7H3. The van der Waals surface area contributed by atoms with Crippen molar-refractivity contribution in [2.75, 3.05) is 0 Å². The zero-order valence-electron chi connectivity index (χ0n) is 23.5. The minimum atomic E-state index is 0.238. The molecular formula is C35H35N3. The van der Waals surface area contributed by atoms with Crippen molar-refractivity contribution in [1.82, 2.24) is 14.4 Å². The molecule has 0 saturated heterocycles. The first-order chi connectivity index (χ1) is 18.0. The predicted octanol–water partition coefficient (Wildman–Crippen LogP) is 9.42. The number of aromatic nitrogens is 3. The van der Waals surface area contributed by atoms with Gasteiger partial charge < -0.3 is 4.40 Å². The van der Waals surface area contributed by atoms with Crippen LogP contribution < -0.4 is 0 Å². The minimum Gasteiger partial charge on any atom is -0.308 e. The maximum absolute atomic E-state index is 4.90.